The molecule has 1 saturated carbocycles. The molecule has 0 aliphatic heterocycles. The van der Waals surface area contributed by atoms with Crippen LogP contribution >= 0.6 is 12.6 Å². The molecule has 3 rings (SSSR count). The van der Waals surface area contributed by atoms with E-state index in [4.69, 9.17) is 0 Å². The first-order valence-electron chi connectivity index (χ1n) is 5.30. The Morgan fingerprint density at radius 3 is 2.67 bits per heavy atom. The van der Waals surface area contributed by atoms with Crippen molar-refractivity contribution >= 4 is 23.5 Å². The van der Waals surface area contributed by atoms with Crippen molar-refractivity contribution in [3.8, 4) is 0 Å². The lowest BCUT2D eigenvalue weighted by molar-refractivity contribution is 0.400. The second-order valence-electron chi connectivity index (χ2n) is 4.05. The van der Waals surface area contributed by atoms with Gasteiger partial charge in [0.25, 0.3) is 0 Å². The Hall–Kier alpha value is -1.09. The highest BCUT2D eigenvalue weighted by Gasteiger charge is 2.22. The molecule has 0 N–H and O–H groups in total. The van der Waals surface area contributed by atoms with Gasteiger partial charge >= 0.3 is 0 Å². The summed E-state index contributed by atoms with van der Waals surface area (Å²) in [4.78, 5) is 9.07. The summed E-state index contributed by atoms with van der Waals surface area (Å²) >= 11 is 4.43. The first kappa shape index (κ1) is 9.16. The van der Waals surface area contributed by atoms with Crippen LogP contribution in [-0.2, 0) is 0 Å². The van der Waals surface area contributed by atoms with Gasteiger partial charge in [0.1, 0.15) is 10.9 Å². The van der Waals surface area contributed by atoms with E-state index < -0.39 is 0 Å². The molecular weight excluding hydrogens is 204 g/mol. The lowest BCUT2D eigenvalue weighted by atomic mass is 9.85. The molecule has 1 aliphatic carbocycles. The van der Waals surface area contributed by atoms with E-state index in [1.807, 2.05) is 24.3 Å². The number of rotatable bonds is 1. The predicted octanol–water partition coefficient (Wildman–Crippen LogP) is 3.19. The van der Waals surface area contributed by atoms with Crippen molar-refractivity contribution in [3.63, 3.8) is 0 Å². The Balaban J connectivity index is 2.18. The molecule has 76 valence electrons. The van der Waals surface area contributed by atoms with Crippen LogP contribution in [0.1, 0.15) is 31.0 Å². The van der Waals surface area contributed by atoms with Crippen LogP contribution in [0.25, 0.3) is 10.9 Å². The van der Waals surface area contributed by atoms with Gasteiger partial charge in [0.2, 0.25) is 0 Å². The van der Waals surface area contributed by atoms with Gasteiger partial charge in [0, 0.05) is 11.3 Å². The molecule has 0 bridgehead atoms. The van der Waals surface area contributed by atoms with E-state index in [0.717, 1.165) is 21.8 Å². The molecule has 0 radical (unpaired) electrons. The summed E-state index contributed by atoms with van der Waals surface area (Å²) in [6, 6.07) is 8.04. The van der Waals surface area contributed by atoms with Gasteiger partial charge in [0.05, 0.1) is 5.52 Å². The predicted molar refractivity (Wildman–Crippen MR) is 63.4 cm³/mol. The molecule has 0 spiro atoms. The lowest BCUT2D eigenvalue weighted by Crippen LogP contribution is -2.12. The average molecular weight is 216 g/mol. The number of para-hydroxylation sites is 1. The molecule has 1 aromatic carbocycles. The van der Waals surface area contributed by atoms with Crippen LogP contribution in [0.3, 0.4) is 0 Å². The van der Waals surface area contributed by atoms with Crippen LogP contribution in [0.2, 0.25) is 0 Å². The normalized spacial score (nSPS) is 16.6. The van der Waals surface area contributed by atoms with E-state index in [1.165, 1.54) is 19.3 Å². The van der Waals surface area contributed by atoms with Crippen molar-refractivity contribution in [2.75, 3.05) is 0 Å². The number of aromatic nitrogens is 2. The number of fused-ring (bicyclic) bond motifs is 1. The molecule has 1 aromatic heterocycles. The maximum atomic E-state index is 4.60. The maximum absolute atomic E-state index is 4.60. The summed E-state index contributed by atoms with van der Waals surface area (Å²) in [6.07, 6.45) is 3.76. The Morgan fingerprint density at radius 1 is 1.13 bits per heavy atom. The van der Waals surface area contributed by atoms with Gasteiger partial charge in [0.15, 0.2) is 0 Å². The fourth-order valence-corrected chi connectivity index (χ4v) is 2.22. The highest BCUT2D eigenvalue weighted by molar-refractivity contribution is 7.80. The zero-order valence-electron chi connectivity index (χ0n) is 8.35. The largest absolute Gasteiger partial charge is 0.233 e. The van der Waals surface area contributed by atoms with Gasteiger partial charge in [-0.05, 0) is 18.9 Å². The molecular formula is C12H12N2S. The quantitative estimate of drug-likeness (QED) is 0.585. The van der Waals surface area contributed by atoms with Crippen LogP contribution < -0.4 is 0 Å². The summed E-state index contributed by atoms with van der Waals surface area (Å²) in [6.45, 7) is 0. The minimum atomic E-state index is 0.570. The van der Waals surface area contributed by atoms with Gasteiger partial charge in [-0.25, -0.2) is 9.97 Å². The fraction of sp³-hybridized carbons (Fsp3) is 0.333. The molecule has 1 fully saturated rings. The number of thiol groups is 1. The van der Waals surface area contributed by atoms with Crippen LogP contribution in [0, 0.1) is 0 Å². The monoisotopic (exact) mass is 216 g/mol. The van der Waals surface area contributed by atoms with Crippen molar-refractivity contribution in [3.05, 3.63) is 30.1 Å². The topological polar surface area (TPSA) is 25.8 Å². The third kappa shape index (κ3) is 1.51. The Labute approximate surface area is 94.2 Å². The third-order valence-corrected chi connectivity index (χ3v) is 3.41. The Kier molecular flexibility index (Phi) is 2.13. The number of hydrogen-bond acceptors (Lipinski definition) is 3. The zero-order chi connectivity index (χ0) is 10.3. The smallest absolute Gasteiger partial charge is 0.133 e. The van der Waals surface area contributed by atoms with Crippen molar-refractivity contribution in [2.45, 2.75) is 30.2 Å². The molecule has 15 heavy (non-hydrogen) atoms. The molecule has 1 aliphatic rings. The van der Waals surface area contributed by atoms with Crippen LogP contribution in [0.15, 0.2) is 29.3 Å². The Morgan fingerprint density at radius 2 is 1.93 bits per heavy atom. The molecule has 0 unspecified atom stereocenters. The minimum absolute atomic E-state index is 0.570. The number of hydrogen-bond donors (Lipinski definition) is 1. The summed E-state index contributed by atoms with van der Waals surface area (Å²) in [5, 5.41) is 1.85. The lowest BCUT2D eigenvalue weighted by Gasteiger charge is -2.24. The summed E-state index contributed by atoms with van der Waals surface area (Å²) in [7, 11) is 0. The van der Waals surface area contributed by atoms with E-state index >= 15 is 0 Å². The van der Waals surface area contributed by atoms with Crippen molar-refractivity contribution in [1.82, 2.24) is 9.97 Å². The van der Waals surface area contributed by atoms with E-state index in [2.05, 4.69) is 22.6 Å². The number of benzene rings is 1. The highest BCUT2D eigenvalue weighted by Crippen LogP contribution is 2.35. The molecule has 0 atom stereocenters. The SMILES string of the molecule is Sc1nc(C2CCC2)nc2ccccc12. The summed E-state index contributed by atoms with van der Waals surface area (Å²) < 4.78 is 0. The molecule has 1 heterocycles. The molecule has 0 amide bonds. The van der Waals surface area contributed by atoms with Crippen LogP contribution in [-0.4, -0.2) is 9.97 Å². The van der Waals surface area contributed by atoms with Crippen molar-refractivity contribution < 1.29 is 0 Å². The van der Waals surface area contributed by atoms with E-state index in [0.29, 0.717) is 5.92 Å². The van der Waals surface area contributed by atoms with E-state index in [1.54, 1.807) is 0 Å². The average Bonchev–Trinajstić information content (AvgIpc) is 2.15. The number of nitrogens with zero attached hydrogens (tertiary/aromatic N) is 2. The second-order valence-corrected chi connectivity index (χ2v) is 4.47. The van der Waals surface area contributed by atoms with Crippen molar-refractivity contribution in [1.29, 1.82) is 0 Å². The first-order chi connectivity index (χ1) is 7.34. The summed E-state index contributed by atoms with van der Waals surface area (Å²) in [5.74, 6) is 1.55. The van der Waals surface area contributed by atoms with Gasteiger partial charge in [-0.2, -0.15) is 0 Å². The maximum Gasteiger partial charge on any atom is 0.133 e. The molecule has 0 saturated heterocycles. The first-order valence-corrected chi connectivity index (χ1v) is 5.75. The Bertz CT molecular complexity index is 506. The second kappa shape index (κ2) is 3.49. The van der Waals surface area contributed by atoms with E-state index in [-0.39, 0.29) is 0 Å². The zero-order valence-corrected chi connectivity index (χ0v) is 9.24. The standard InChI is InChI=1S/C12H12N2S/c15-12-9-6-1-2-7-10(9)13-11(14-12)8-4-3-5-8/h1-2,6-8H,3-5H2,(H,13,14,15). The molecule has 2 nitrogen and oxygen atoms in total. The molecule has 2 aromatic rings. The van der Waals surface area contributed by atoms with Crippen LogP contribution in [0.5, 0.6) is 0 Å². The fourth-order valence-electron chi connectivity index (χ4n) is 1.93. The minimum Gasteiger partial charge on any atom is -0.233 e. The third-order valence-electron chi connectivity index (χ3n) is 3.07. The van der Waals surface area contributed by atoms with E-state index in [9.17, 15) is 0 Å². The van der Waals surface area contributed by atoms with Gasteiger partial charge < -0.3 is 0 Å². The van der Waals surface area contributed by atoms with Crippen molar-refractivity contribution in [2.24, 2.45) is 0 Å². The summed E-state index contributed by atoms with van der Waals surface area (Å²) in [5.41, 5.74) is 1.01. The molecule has 3 heteroatoms. The van der Waals surface area contributed by atoms with Gasteiger partial charge in [-0.3, -0.25) is 0 Å². The van der Waals surface area contributed by atoms with Gasteiger partial charge in [-0.15, -0.1) is 12.6 Å². The van der Waals surface area contributed by atoms with Crippen LogP contribution in [0.4, 0.5) is 0 Å². The highest BCUT2D eigenvalue weighted by atomic mass is 32.1. The van der Waals surface area contributed by atoms with Gasteiger partial charge in [-0.1, -0.05) is 24.6 Å².